The van der Waals surface area contributed by atoms with Crippen LogP contribution < -0.4 is 15.4 Å². The van der Waals surface area contributed by atoms with Crippen molar-refractivity contribution < 1.29 is 9.53 Å². The first-order valence-electron chi connectivity index (χ1n) is 7.14. The van der Waals surface area contributed by atoms with Gasteiger partial charge in [0.1, 0.15) is 5.75 Å². The quantitative estimate of drug-likeness (QED) is 0.901. The van der Waals surface area contributed by atoms with Crippen molar-refractivity contribution in [1.29, 1.82) is 0 Å². The second-order valence-corrected chi connectivity index (χ2v) is 7.41. The minimum atomic E-state index is -0.102. The molecule has 1 aromatic rings. The molecule has 5 heteroatoms. The Morgan fingerprint density at radius 3 is 2.67 bits per heavy atom. The van der Waals surface area contributed by atoms with Crippen LogP contribution >= 0.6 is 11.8 Å². The fraction of sp³-hybridized carbons (Fsp3) is 0.562. The molecule has 2 N–H and O–H groups in total. The second-order valence-electron chi connectivity index (χ2n) is 6.38. The van der Waals surface area contributed by atoms with E-state index in [0.717, 1.165) is 34.2 Å². The first-order valence-corrected chi connectivity index (χ1v) is 8.29. The Morgan fingerprint density at radius 2 is 2.14 bits per heavy atom. The number of thioether (sulfide) groups is 1. The highest BCUT2D eigenvalue weighted by Gasteiger charge is 2.25. The van der Waals surface area contributed by atoms with Crippen molar-refractivity contribution in [3.8, 4) is 5.75 Å². The predicted octanol–water partition coefficient (Wildman–Crippen LogP) is 2.90. The van der Waals surface area contributed by atoms with Gasteiger partial charge in [-0.15, -0.1) is 11.8 Å². The van der Waals surface area contributed by atoms with E-state index in [1.807, 2.05) is 19.1 Å². The number of carbonyl (C=O) groups is 1. The molecule has 0 aliphatic carbocycles. The minimum Gasteiger partial charge on any atom is -0.496 e. The average Bonchev–Trinajstić information content (AvgIpc) is 2.93. The van der Waals surface area contributed by atoms with E-state index in [1.165, 1.54) is 0 Å². The van der Waals surface area contributed by atoms with Gasteiger partial charge in [-0.1, -0.05) is 20.8 Å². The van der Waals surface area contributed by atoms with Crippen LogP contribution in [0.3, 0.4) is 0 Å². The maximum Gasteiger partial charge on any atom is 0.242 e. The molecule has 1 heterocycles. The Morgan fingerprint density at radius 1 is 1.43 bits per heavy atom. The van der Waals surface area contributed by atoms with Gasteiger partial charge in [0, 0.05) is 22.9 Å². The Hall–Kier alpha value is -1.20. The molecule has 1 unspecified atom stereocenters. The van der Waals surface area contributed by atoms with Gasteiger partial charge in [-0.05, 0) is 30.0 Å². The number of carbonyl (C=O) groups excluding carboxylic acids is 1. The molecular weight excluding hydrogens is 284 g/mol. The summed E-state index contributed by atoms with van der Waals surface area (Å²) in [7, 11) is 1.68. The predicted molar refractivity (Wildman–Crippen MR) is 89.3 cm³/mol. The summed E-state index contributed by atoms with van der Waals surface area (Å²) in [5.41, 5.74) is 2.93. The molecule has 2 rings (SSSR count). The van der Waals surface area contributed by atoms with E-state index in [1.54, 1.807) is 18.9 Å². The summed E-state index contributed by atoms with van der Waals surface area (Å²) < 4.78 is 5.48. The number of methoxy groups -OCH3 is 1. The third kappa shape index (κ3) is 3.71. The third-order valence-electron chi connectivity index (χ3n) is 3.65. The second kappa shape index (κ2) is 6.28. The molecule has 1 amide bonds. The van der Waals surface area contributed by atoms with Gasteiger partial charge in [-0.3, -0.25) is 10.1 Å². The van der Waals surface area contributed by atoms with Crippen LogP contribution in [0.4, 0.5) is 5.69 Å². The van der Waals surface area contributed by atoms with Crippen molar-refractivity contribution >= 4 is 23.4 Å². The summed E-state index contributed by atoms with van der Waals surface area (Å²) in [5.74, 6) is 2.57. The van der Waals surface area contributed by atoms with Gasteiger partial charge >= 0.3 is 0 Å². The van der Waals surface area contributed by atoms with Gasteiger partial charge in [0.05, 0.1) is 13.2 Å². The fourth-order valence-electron chi connectivity index (χ4n) is 2.35. The summed E-state index contributed by atoms with van der Waals surface area (Å²) in [6.45, 7) is 8.41. The zero-order valence-electron chi connectivity index (χ0n) is 13.4. The standard InChI is InChI=1S/C16H24N2O2S/c1-10-6-14(20-5)11(16(2,3)4)7-12(10)18-15(19)13-8-21-9-17-13/h6-7,13,17H,8-9H2,1-5H3,(H,18,19). The van der Waals surface area contributed by atoms with Crippen LogP contribution in [0.1, 0.15) is 31.9 Å². The lowest BCUT2D eigenvalue weighted by Gasteiger charge is -2.24. The normalized spacial score (nSPS) is 18.6. The van der Waals surface area contributed by atoms with E-state index in [9.17, 15) is 4.79 Å². The summed E-state index contributed by atoms with van der Waals surface area (Å²) >= 11 is 1.75. The number of amides is 1. The molecule has 0 aromatic heterocycles. The van der Waals surface area contributed by atoms with Crippen molar-refractivity contribution in [2.75, 3.05) is 24.1 Å². The molecule has 21 heavy (non-hydrogen) atoms. The number of anilines is 1. The van der Waals surface area contributed by atoms with E-state index < -0.39 is 0 Å². The largest absolute Gasteiger partial charge is 0.496 e. The smallest absolute Gasteiger partial charge is 0.242 e. The fourth-order valence-corrected chi connectivity index (χ4v) is 3.30. The number of rotatable bonds is 3. The van der Waals surface area contributed by atoms with Crippen molar-refractivity contribution in [3.63, 3.8) is 0 Å². The summed E-state index contributed by atoms with van der Waals surface area (Å²) in [5, 5.41) is 6.24. The summed E-state index contributed by atoms with van der Waals surface area (Å²) in [6.07, 6.45) is 0. The molecule has 1 fully saturated rings. The molecule has 0 saturated carbocycles. The van der Waals surface area contributed by atoms with Gasteiger partial charge in [0.2, 0.25) is 5.91 Å². The molecule has 4 nitrogen and oxygen atoms in total. The van der Waals surface area contributed by atoms with Crippen LogP contribution in [0.25, 0.3) is 0 Å². The average molecular weight is 308 g/mol. The van der Waals surface area contributed by atoms with E-state index >= 15 is 0 Å². The minimum absolute atomic E-state index is 0.0353. The lowest BCUT2D eigenvalue weighted by molar-refractivity contribution is -0.117. The molecule has 1 atom stereocenters. The number of nitrogens with one attached hydrogen (secondary N) is 2. The first-order chi connectivity index (χ1) is 9.82. The van der Waals surface area contributed by atoms with Gasteiger partial charge in [-0.25, -0.2) is 0 Å². The molecular formula is C16H24N2O2S. The zero-order valence-corrected chi connectivity index (χ0v) is 14.2. The number of benzene rings is 1. The topological polar surface area (TPSA) is 50.4 Å². The van der Waals surface area contributed by atoms with Crippen LogP contribution in [-0.2, 0) is 10.2 Å². The van der Waals surface area contributed by atoms with E-state index in [2.05, 4.69) is 31.4 Å². The highest BCUT2D eigenvalue weighted by atomic mass is 32.2. The van der Waals surface area contributed by atoms with E-state index in [-0.39, 0.29) is 17.4 Å². The molecule has 0 spiro atoms. The number of aryl methyl sites for hydroxylation is 1. The van der Waals surface area contributed by atoms with Crippen LogP contribution in [0.2, 0.25) is 0 Å². The molecule has 1 saturated heterocycles. The van der Waals surface area contributed by atoms with Crippen molar-refractivity contribution in [2.45, 2.75) is 39.2 Å². The Labute approximate surface area is 131 Å². The maximum absolute atomic E-state index is 12.3. The van der Waals surface area contributed by atoms with Gasteiger partial charge in [0.25, 0.3) is 0 Å². The van der Waals surface area contributed by atoms with E-state index in [0.29, 0.717) is 0 Å². The molecule has 1 aliphatic heterocycles. The molecule has 1 aromatic carbocycles. The van der Waals surface area contributed by atoms with Crippen LogP contribution in [-0.4, -0.2) is 30.7 Å². The molecule has 0 bridgehead atoms. The highest BCUT2D eigenvalue weighted by molar-refractivity contribution is 7.99. The molecule has 1 aliphatic rings. The van der Waals surface area contributed by atoms with Crippen molar-refractivity contribution in [1.82, 2.24) is 5.32 Å². The monoisotopic (exact) mass is 308 g/mol. The summed E-state index contributed by atoms with van der Waals surface area (Å²) in [4.78, 5) is 12.3. The first kappa shape index (κ1) is 16.2. The molecule has 0 radical (unpaired) electrons. The van der Waals surface area contributed by atoms with Crippen LogP contribution in [0, 0.1) is 6.92 Å². The van der Waals surface area contributed by atoms with Crippen molar-refractivity contribution in [2.24, 2.45) is 0 Å². The van der Waals surface area contributed by atoms with Gasteiger partial charge in [0.15, 0.2) is 0 Å². The van der Waals surface area contributed by atoms with Gasteiger partial charge in [-0.2, -0.15) is 0 Å². The highest BCUT2D eigenvalue weighted by Crippen LogP contribution is 2.35. The van der Waals surface area contributed by atoms with E-state index in [4.69, 9.17) is 4.74 Å². The Bertz CT molecular complexity index is 532. The lowest BCUT2D eigenvalue weighted by atomic mass is 9.85. The van der Waals surface area contributed by atoms with Crippen molar-refractivity contribution in [3.05, 3.63) is 23.3 Å². The SMILES string of the molecule is COc1cc(C)c(NC(=O)C2CSCN2)cc1C(C)(C)C. The maximum atomic E-state index is 12.3. The lowest BCUT2D eigenvalue weighted by Crippen LogP contribution is -2.37. The number of ether oxygens (including phenoxy) is 1. The van der Waals surface area contributed by atoms with Gasteiger partial charge < -0.3 is 10.1 Å². The zero-order chi connectivity index (χ0) is 15.6. The molecule has 116 valence electrons. The third-order valence-corrected chi connectivity index (χ3v) is 4.58. The Balaban J connectivity index is 2.28. The number of hydrogen-bond donors (Lipinski definition) is 2. The van der Waals surface area contributed by atoms with Crippen LogP contribution in [0.15, 0.2) is 12.1 Å². The van der Waals surface area contributed by atoms with Crippen LogP contribution in [0.5, 0.6) is 5.75 Å². The Kier molecular flexibility index (Phi) is 4.84. The summed E-state index contributed by atoms with van der Waals surface area (Å²) in [6, 6.07) is 3.93. The number of hydrogen-bond acceptors (Lipinski definition) is 4.